The molecule has 0 saturated carbocycles. The van der Waals surface area contributed by atoms with Crippen molar-refractivity contribution in [3.05, 3.63) is 23.3 Å². The van der Waals surface area contributed by atoms with Gasteiger partial charge in [-0.25, -0.2) is 4.79 Å². The smallest absolute Gasteiger partial charge is 0.345 e. The van der Waals surface area contributed by atoms with E-state index in [9.17, 15) is 9.59 Å². The first kappa shape index (κ1) is 12.8. The number of nitrogens with two attached hydrogens (primary N) is 1. The Kier molecular flexibility index (Phi) is 3.92. The third-order valence-corrected chi connectivity index (χ3v) is 2.18. The van der Waals surface area contributed by atoms with Crippen LogP contribution in [0.4, 0.5) is 0 Å². The lowest BCUT2D eigenvalue weighted by Gasteiger charge is -2.12. The van der Waals surface area contributed by atoms with Crippen LogP contribution in [0.5, 0.6) is 11.5 Å². The lowest BCUT2D eigenvalue weighted by Crippen LogP contribution is -2.13. The van der Waals surface area contributed by atoms with E-state index in [-0.39, 0.29) is 22.6 Å². The molecule has 1 amide bonds. The number of benzene rings is 1. The standard InChI is InChI=1S/C11H13NO5/c1-15-7-4-6(10(12)13)5-8(16-2)9(7)11(14)17-3/h4-5H,1-3H3,(H2,12,13). The molecule has 6 heteroatoms. The van der Waals surface area contributed by atoms with E-state index in [4.69, 9.17) is 15.2 Å². The number of ether oxygens (including phenoxy) is 3. The Bertz CT molecular complexity index is 430. The molecule has 6 nitrogen and oxygen atoms in total. The quantitative estimate of drug-likeness (QED) is 0.777. The summed E-state index contributed by atoms with van der Waals surface area (Å²) in [6, 6.07) is 2.72. The summed E-state index contributed by atoms with van der Waals surface area (Å²) in [7, 11) is 3.97. The van der Waals surface area contributed by atoms with Crippen LogP contribution in [0.1, 0.15) is 20.7 Å². The molecular weight excluding hydrogens is 226 g/mol. The summed E-state index contributed by atoms with van der Waals surface area (Å²) in [5.74, 6) is -0.914. The summed E-state index contributed by atoms with van der Waals surface area (Å²) in [5, 5.41) is 0. The fraction of sp³-hybridized carbons (Fsp3) is 0.273. The van der Waals surface area contributed by atoms with Gasteiger partial charge in [0.05, 0.1) is 21.3 Å². The maximum atomic E-state index is 11.6. The monoisotopic (exact) mass is 239 g/mol. The number of carbonyl (C=O) groups excluding carboxylic acids is 2. The molecule has 0 unspecified atom stereocenters. The van der Waals surface area contributed by atoms with E-state index in [0.717, 1.165) is 0 Å². The highest BCUT2D eigenvalue weighted by atomic mass is 16.5. The third kappa shape index (κ3) is 2.47. The molecule has 0 saturated heterocycles. The molecule has 17 heavy (non-hydrogen) atoms. The fourth-order valence-corrected chi connectivity index (χ4v) is 1.36. The first-order valence-corrected chi connectivity index (χ1v) is 4.69. The molecule has 0 heterocycles. The molecule has 0 bridgehead atoms. The molecule has 0 atom stereocenters. The van der Waals surface area contributed by atoms with Crippen molar-refractivity contribution in [1.82, 2.24) is 0 Å². The fourth-order valence-electron chi connectivity index (χ4n) is 1.36. The Labute approximate surface area is 98.3 Å². The molecule has 0 spiro atoms. The van der Waals surface area contributed by atoms with Crippen LogP contribution in [0.15, 0.2) is 12.1 Å². The molecule has 0 fully saturated rings. The van der Waals surface area contributed by atoms with Gasteiger partial charge in [-0.3, -0.25) is 4.79 Å². The van der Waals surface area contributed by atoms with Gasteiger partial charge in [-0.05, 0) is 12.1 Å². The second-order valence-corrected chi connectivity index (χ2v) is 3.11. The van der Waals surface area contributed by atoms with Crippen molar-refractivity contribution in [2.75, 3.05) is 21.3 Å². The van der Waals surface area contributed by atoms with Gasteiger partial charge in [-0.15, -0.1) is 0 Å². The summed E-state index contributed by atoms with van der Waals surface area (Å²) in [5.41, 5.74) is 5.45. The number of hydrogen-bond acceptors (Lipinski definition) is 5. The highest BCUT2D eigenvalue weighted by Gasteiger charge is 2.21. The van der Waals surface area contributed by atoms with E-state index in [0.29, 0.717) is 0 Å². The number of amides is 1. The topological polar surface area (TPSA) is 87.9 Å². The van der Waals surface area contributed by atoms with E-state index in [1.165, 1.54) is 33.5 Å². The normalized spacial score (nSPS) is 9.59. The van der Waals surface area contributed by atoms with Gasteiger partial charge in [0.25, 0.3) is 0 Å². The van der Waals surface area contributed by atoms with E-state index in [1.807, 2.05) is 0 Å². The molecule has 92 valence electrons. The highest BCUT2D eigenvalue weighted by Crippen LogP contribution is 2.31. The maximum absolute atomic E-state index is 11.6. The second-order valence-electron chi connectivity index (χ2n) is 3.11. The molecule has 0 aliphatic heterocycles. The zero-order valence-corrected chi connectivity index (χ0v) is 9.77. The van der Waals surface area contributed by atoms with Gasteiger partial charge in [-0.1, -0.05) is 0 Å². The number of primary amides is 1. The van der Waals surface area contributed by atoms with Gasteiger partial charge >= 0.3 is 5.97 Å². The molecular formula is C11H13NO5. The Morgan fingerprint density at radius 2 is 1.53 bits per heavy atom. The van der Waals surface area contributed by atoms with Gasteiger partial charge in [0.15, 0.2) is 0 Å². The molecule has 0 aliphatic carbocycles. The molecule has 0 aliphatic rings. The lowest BCUT2D eigenvalue weighted by molar-refractivity contribution is 0.0592. The molecule has 1 rings (SSSR count). The van der Waals surface area contributed by atoms with Crippen LogP contribution in [-0.4, -0.2) is 33.2 Å². The minimum Gasteiger partial charge on any atom is -0.496 e. The summed E-state index contributed by atoms with van der Waals surface area (Å²) in [6.07, 6.45) is 0. The van der Waals surface area contributed by atoms with Crippen LogP contribution >= 0.6 is 0 Å². The van der Waals surface area contributed by atoms with Crippen LogP contribution in [0, 0.1) is 0 Å². The third-order valence-electron chi connectivity index (χ3n) is 2.18. The second kappa shape index (κ2) is 5.20. The Hall–Kier alpha value is -2.24. The van der Waals surface area contributed by atoms with Crippen LogP contribution in [-0.2, 0) is 4.74 Å². The first-order valence-electron chi connectivity index (χ1n) is 4.69. The summed E-state index contributed by atoms with van der Waals surface area (Å²) in [6.45, 7) is 0. The van der Waals surface area contributed by atoms with Gasteiger partial charge in [0, 0.05) is 5.56 Å². The molecule has 0 aromatic heterocycles. The number of carbonyl (C=O) groups is 2. The average molecular weight is 239 g/mol. The summed E-state index contributed by atoms with van der Waals surface area (Å²) < 4.78 is 14.6. The highest BCUT2D eigenvalue weighted by molar-refractivity contribution is 6.00. The van der Waals surface area contributed by atoms with Crippen molar-refractivity contribution in [3.63, 3.8) is 0 Å². The van der Waals surface area contributed by atoms with Crippen LogP contribution < -0.4 is 15.2 Å². The predicted molar refractivity (Wildman–Crippen MR) is 59.4 cm³/mol. The van der Waals surface area contributed by atoms with Crippen LogP contribution in [0.25, 0.3) is 0 Å². The zero-order valence-electron chi connectivity index (χ0n) is 9.77. The number of rotatable bonds is 4. The molecule has 2 N–H and O–H groups in total. The Balaban J connectivity index is 3.46. The van der Waals surface area contributed by atoms with Gasteiger partial charge < -0.3 is 19.9 Å². The van der Waals surface area contributed by atoms with E-state index < -0.39 is 11.9 Å². The largest absolute Gasteiger partial charge is 0.496 e. The maximum Gasteiger partial charge on any atom is 0.345 e. The van der Waals surface area contributed by atoms with Crippen LogP contribution in [0.2, 0.25) is 0 Å². The summed E-state index contributed by atoms with van der Waals surface area (Å²) in [4.78, 5) is 22.6. The van der Waals surface area contributed by atoms with Crippen molar-refractivity contribution >= 4 is 11.9 Å². The van der Waals surface area contributed by atoms with E-state index in [2.05, 4.69) is 4.74 Å². The number of methoxy groups -OCH3 is 3. The predicted octanol–water partition coefficient (Wildman–Crippen LogP) is 0.589. The molecule has 1 aromatic carbocycles. The average Bonchev–Trinajstić information content (AvgIpc) is 2.35. The zero-order chi connectivity index (χ0) is 13.0. The van der Waals surface area contributed by atoms with Gasteiger partial charge in [0.1, 0.15) is 17.1 Å². The van der Waals surface area contributed by atoms with Crippen molar-refractivity contribution in [3.8, 4) is 11.5 Å². The first-order chi connectivity index (χ1) is 8.04. The number of esters is 1. The Morgan fingerprint density at radius 1 is 1.06 bits per heavy atom. The molecule has 1 aromatic rings. The van der Waals surface area contributed by atoms with Crippen molar-refractivity contribution in [2.24, 2.45) is 5.73 Å². The minimum atomic E-state index is -0.641. The van der Waals surface area contributed by atoms with Gasteiger partial charge in [0.2, 0.25) is 5.91 Å². The molecule has 0 radical (unpaired) electrons. The van der Waals surface area contributed by atoms with E-state index >= 15 is 0 Å². The SMILES string of the molecule is COC(=O)c1c(OC)cc(C(N)=O)cc1OC. The van der Waals surface area contributed by atoms with Crippen molar-refractivity contribution in [1.29, 1.82) is 0 Å². The van der Waals surface area contributed by atoms with Crippen molar-refractivity contribution in [2.45, 2.75) is 0 Å². The minimum absolute atomic E-state index is 0.113. The Morgan fingerprint density at radius 3 is 1.82 bits per heavy atom. The van der Waals surface area contributed by atoms with Gasteiger partial charge in [-0.2, -0.15) is 0 Å². The lowest BCUT2D eigenvalue weighted by atomic mass is 10.1. The summed E-state index contributed by atoms with van der Waals surface area (Å²) >= 11 is 0. The van der Waals surface area contributed by atoms with Crippen molar-refractivity contribution < 1.29 is 23.8 Å². The number of hydrogen-bond donors (Lipinski definition) is 1. The van der Waals surface area contributed by atoms with E-state index in [1.54, 1.807) is 0 Å². The van der Waals surface area contributed by atoms with Crippen LogP contribution in [0.3, 0.4) is 0 Å².